The van der Waals surface area contributed by atoms with Gasteiger partial charge in [0.05, 0.1) is 0 Å². The fraction of sp³-hybridized carbons (Fsp3) is 0.647. The van der Waals surface area contributed by atoms with Gasteiger partial charge in [0, 0.05) is 11.6 Å². The Morgan fingerprint density at radius 1 is 1.24 bits per heavy atom. The second-order valence-electron chi connectivity index (χ2n) is 6.19. The molecule has 2 rings (SSSR count). The SMILES string of the molecule is CC1CCN(CCCNC(C)c2c(F)cccc2F)CC1. The van der Waals surface area contributed by atoms with Crippen LogP contribution in [0.5, 0.6) is 0 Å². The summed E-state index contributed by atoms with van der Waals surface area (Å²) in [6.45, 7) is 8.32. The Morgan fingerprint density at radius 2 is 1.86 bits per heavy atom. The molecule has 1 saturated heterocycles. The molecule has 4 heteroatoms. The predicted molar refractivity (Wildman–Crippen MR) is 82.2 cm³/mol. The molecule has 1 aromatic rings. The van der Waals surface area contributed by atoms with E-state index in [0.717, 1.165) is 25.4 Å². The van der Waals surface area contributed by atoms with Gasteiger partial charge in [-0.3, -0.25) is 0 Å². The number of likely N-dealkylation sites (tertiary alicyclic amines) is 1. The van der Waals surface area contributed by atoms with Crippen molar-refractivity contribution in [1.29, 1.82) is 0 Å². The van der Waals surface area contributed by atoms with Gasteiger partial charge >= 0.3 is 0 Å². The summed E-state index contributed by atoms with van der Waals surface area (Å²) in [4.78, 5) is 2.48. The fourth-order valence-corrected chi connectivity index (χ4v) is 2.93. The van der Waals surface area contributed by atoms with Crippen molar-refractivity contribution >= 4 is 0 Å². The van der Waals surface area contributed by atoms with Gasteiger partial charge in [-0.15, -0.1) is 0 Å². The van der Waals surface area contributed by atoms with Crippen LogP contribution in [0.1, 0.15) is 44.7 Å². The smallest absolute Gasteiger partial charge is 0.130 e. The van der Waals surface area contributed by atoms with Crippen LogP contribution in [0.3, 0.4) is 0 Å². The van der Waals surface area contributed by atoms with Gasteiger partial charge < -0.3 is 10.2 Å². The van der Waals surface area contributed by atoms with Gasteiger partial charge in [0.15, 0.2) is 0 Å². The molecule has 1 N–H and O–H groups in total. The van der Waals surface area contributed by atoms with Gasteiger partial charge in [-0.05, 0) is 70.4 Å². The van der Waals surface area contributed by atoms with Crippen molar-refractivity contribution in [1.82, 2.24) is 10.2 Å². The lowest BCUT2D eigenvalue weighted by molar-refractivity contribution is 0.190. The van der Waals surface area contributed by atoms with Gasteiger partial charge in [-0.1, -0.05) is 13.0 Å². The summed E-state index contributed by atoms with van der Waals surface area (Å²) < 4.78 is 27.3. The zero-order valence-corrected chi connectivity index (χ0v) is 13.0. The average Bonchev–Trinajstić information content (AvgIpc) is 2.45. The molecular weight excluding hydrogens is 270 g/mol. The van der Waals surface area contributed by atoms with Crippen molar-refractivity contribution in [3.05, 3.63) is 35.4 Å². The molecule has 1 aliphatic rings. The molecule has 0 aliphatic carbocycles. The summed E-state index contributed by atoms with van der Waals surface area (Å²) in [5, 5.41) is 3.22. The van der Waals surface area contributed by atoms with E-state index in [4.69, 9.17) is 0 Å². The summed E-state index contributed by atoms with van der Waals surface area (Å²) in [5.41, 5.74) is 0.143. The Labute approximate surface area is 126 Å². The molecule has 1 unspecified atom stereocenters. The topological polar surface area (TPSA) is 15.3 Å². The van der Waals surface area contributed by atoms with E-state index in [9.17, 15) is 8.78 Å². The highest BCUT2D eigenvalue weighted by Crippen LogP contribution is 2.20. The maximum atomic E-state index is 13.6. The minimum Gasteiger partial charge on any atom is -0.310 e. The minimum atomic E-state index is -0.472. The van der Waals surface area contributed by atoms with Crippen molar-refractivity contribution in [3.8, 4) is 0 Å². The molecule has 1 aliphatic heterocycles. The molecule has 118 valence electrons. The van der Waals surface area contributed by atoms with E-state index < -0.39 is 11.6 Å². The van der Waals surface area contributed by atoms with E-state index in [0.29, 0.717) is 0 Å². The number of piperidine rings is 1. The summed E-state index contributed by atoms with van der Waals surface area (Å²) in [7, 11) is 0. The first kappa shape index (κ1) is 16.4. The van der Waals surface area contributed by atoms with E-state index in [1.54, 1.807) is 0 Å². The Morgan fingerprint density at radius 3 is 2.48 bits per heavy atom. The van der Waals surface area contributed by atoms with Crippen LogP contribution in [0.2, 0.25) is 0 Å². The van der Waals surface area contributed by atoms with Crippen molar-refractivity contribution < 1.29 is 8.78 Å². The molecular formula is C17H26F2N2. The standard InChI is InChI=1S/C17H26F2N2/c1-13-7-11-21(12-8-13)10-4-9-20-14(2)17-15(18)5-3-6-16(17)19/h3,5-6,13-14,20H,4,7-12H2,1-2H3. The maximum Gasteiger partial charge on any atom is 0.130 e. The molecule has 0 saturated carbocycles. The van der Waals surface area contributed by atoms with Crippen LogP contribution in [0, 0.1) is 17.6 Å². The molecule has 1 heterocycles. The number of hydrogen-bond acceptors (Lipinski definition) is 2. The maximum absolute atomic E-state index is 13.6. The normalized spacial score (nSPS) is 18.9. The van der Waals surface area contributed by atoms with Crippen molar-refractivity contribution in [2.24, 2.45) is 5.92 Å². The average molecular weight is 296 g/mol. The number of hydrogen-bond donors (Lipinski definition) is 1. The first-order valence-corrected chi connectivity index (χ1v) is 7.97. The second kappa shape index (κ2) is 7.85. The first-order chi connectivity index (χ1) is 10.1. The van der Waals surface area contributed by atoms with E-state index >= 15 is 0 Å². The van der Waals surface area contributed by atoms with Gasteiger partial charge in [-0.2, -0.15) is 0 Å². The van der Waals surface area contributed by atoms with Gasteiger partial charge in [-0.25, -0.2) is 8.78 Å². The Balaban J connectivity index is 1.71. The lowest BCUT2D eigenvalue weighted by atomic mass is 9.99. The third-order valence-electron chi connectivity index (χ3n) is 4.41. The monoisotopic (exact) mass is 296 g/mol. The lowest BCUT2D eigenvalue weighted by Gasteiger charge is -2.30. The number of halogens is 2. The van der Waals surface area contributed by atoms with Crippen LogP contribution in [0.15, 0.2) is 18.2 Å². The van der Waals surface area contributed by atoms with Crippen molar-refractivity contribution in [2.45, 2.75) is 39.2 Å². The predicted octanol–water partition coefficient (Wildman–Crippen LogP) is 3.74. The molecule has 1 aromatic carbocycles. The molecule has 0 spiro atoms. The zero-order chi connectivity index (χ0) is 15.2. The molecule has 1 fully saturated rings. The second-order valence-corrected chi connectivity index (χ2v) is 6.19. The molecule has 0 bridgehead atoms. The number of rotatable bonds is 6. The summed E-state index contributed by atoms with van der Waals surface area (Å²) >= 11 is 0. The highest BCUT2D eigenvalue weighted by Gasteiger charge is 2.16. The van der Waals surface area contributed by atoms with Crippen molar-refractivity contribution in [2.75, 3.05) is 26.2 Å². The number of nitrogens with zero attached hydrogens (tertiary/aromatic N) is 1. The Bertz CT molecular complexity index is 422. The van der Waals surface area contributed by atoms with Crippen molar-refractivity contribution in [3.63, 3.8) is 0 Å². The van der Waals surface area contributed by atoms with Gasteiger partial charge in [0.1, 0.15) is 11.6 Å². The number of benzene rings is 1. The van der Waals surface area contributed by atoms with Crippen LogP contribution < -0.4 is 5.32 Å². The largest absolute Gasteiger partial charge is 0.310 e. The van der Waals surface area contributed by atoms with E-state index in [-0.39, 0.29) is 11.6 Å². The van der Waals surface area contributed by atoms with E-state index in [2.05, 4.69) is 17.1 Å². The van der Waals surface area contributed by atoms with Crippen LogP contribution >= 0.6 is 0 Å². The highest BCUT2D eigenvalue weighted by atomic mass is 19.1. The highest BCUT2D eigenvalue weighted by molar-refractivity contribution is 5.22. The fourth-order valence-electron chi connectivity index (χ4n) is 2.93. The summed E-state index contributed by atoms with van der Waals surface area (Å²) in [5.74, 6) is -0.0940. The van der Waals surface area contributed by atoms with E-state index in [1.807, 2.05) is 6.92 Å². The summed E-state index contributed by atoms with van der Waals surface area (Å²) in [6.07, 6.45) is 3.57. The molecule has 0 aromatic heterocycles. The minimum absolute atomic E-state index is 0.143. The molecule has 1 atom stereocenters. The first-order valence-electron chi connectivity index (χ1n) is 7.97. The number of nitrogens with one attached hydrogen (secondary N) is 1. The zero-order valence-electron chi connectivity index (χ0n) is 13.0. The third-order valence-corrected chi connectivity index (χ3v) is 4.41. The lowest BCUT2D eigenvalue weighted by Crippen LogP contribution is -2.35. The van der Waals surface area contributed by atoms with Gasteiger partial charge in [0.25, 0.3) is 0 Å². The molecule has 2 nitrogen and oxygen atoms in total. The Kier molecular flexibility index (Phi) is 6.12. The molecule has 21 heavy (non-hydrogen) atoms. The van der Waals surface area contributed by atoms with Crippen LogP contribution in [0.25, 0.3) is 0 Å². The molecule has 0 radical (unpaired) electrons. The quantitative estimate of drug-likeness (QED) is 0.805. The molecule has 0 amide bonds. The van der Waals surface area contributed by atoms with Crippen LogP contribution in [-0.2, 0) is 0 Å². The third kappa shape index (κ3) is 4.75. The van der Waals surface area contributed by atoms with Crippen LogP contribution in [-0.4, -0.2) is 31.1 Å². The Hall–Kier alpha value is -1.00. The van der Waals surface area contributed by atoms with Crippen LogP contribution in [0.4, 0.5) is 8.78 Å². The van der Waals surface area contributed by atoms with E-state index in [1.165, 1.54) is 44.1 Å². The van der Waals surface area contributed by atoms with Gasteiger partial charge in [0.2, 0.25) is 0 Å². The summed E-state index contributed by atoms with van der Waals surface area (Å²) in [6, 6.07) is 3.72.